The van der Waals surface area contributed by atoms with Crippen LogP contribution in [0, 0.1) is 5.92 Å². The van der Waals surface area contributed by atoms with Crippen LogP contribution in [-0.2, 0) is 11.3 Å². The molecule has 0 aliphatic heterocycles. The monoisotopic (exact) mass is 379 g/mol. The lowest BCUT2D eigenvalue weighted by molar-refractivity contribution is -0.118. The summed E-state index contributed by atoms with van der Waals surface area (Å²) in [5.41, 5.74) is 1.61. The summed E-state index contributed by atoms with van der Waals surface area (Å²) in [5.74, 6) is 0.890. The summed E-state index contributed by atoms with van der Waals surface area (Å²) < 4.78 is 1.66. The van der Waals surface area contributed by atoms with Gasteiger partial charge >= 0.3 is 0 Å². The number of benzene rings is 2. The Morgan fingerprint density at radius 1 is 1.11 bits per heavy atom. The van der Waals surface area contributed by atoms with Crippen molar-refractivity contribution < 1.29 is 4.79 Å². The Labute approximate surface area is 161 Å². The highest BCUT2D eigenvalue weighted by molar-refractivity contribution is 7.99. The topological polar surface area (TPSA) is 64.0 Å². The van der Waals surface area contributed by atoms with E-state index < -0.39 is 0 Å². The number of aromatic nitrogens is 2. The predicted octanol–water partition coefficient (Wildman–Crippen LogP) is 3.06. The van der Waals surface area contributed by atoms with Crippen LogP contribution >= 0.6 is 11.8 Å². The van der Waals surface area contributed by atoms with Crippen molar-refractivity contribution >= 4 is 28.6 Å². The van der Waals surface area contributed by atoms with Crippen molar-refractivity contribution in [3.05, 3.63) is 70.5 Å². The molecule has 1 amide bonds. The Kier molecular flexibility index (Phi) is 5.25. The molecular weight excluding hydrogens is 358 g/mol. The molecule has 1 N–H and O–H groups in total. The van der Waals surface area contributed by atoms with E-state index in [9.17, 15) is 9.59 Å². The second-order valence-corrected chi connectivity index (χ2v) is 7.77. The van der Waals surface area contributed by atoms with Crippen LogP contribution in [0.15, 0.2) is 64.5 Å². The van der Waals surface area contributed by atoms with Crippen molar-refractivity contribution in [2.45, 2.75) is 24.5 Å². The second kappa shape index (κ2) is 7.96. The van der Waals surface area contributed by atoms with E-state index in [2.05, 4.69) is 10.3 Å². The third-order valence-corrected chi connectivity index (χ3v) is 5.60. The summed E-state index contributed by atoms with van der Waals surface area (Å²) in [5, 5.41) is 4.13. The minimum absolute atomic E-state index is 0.0134. The molecule has 5 nitrogen and oxygen atoms in total. The molecule has 0 radical (unpaired) electrons. The average molecular weight is 379 g/mol. The first-order valence-electron chi connectivity index (χ1n) is 9.14. The molecule has 1 heterocycles. The zero-order valence-electron chi connectivity index (χ0n) is 14.9. The van der Waals surface area contributed by atoms with Crippen LogP contribution in [0.3, 0.4) is 0 Å². The first kappa shape index (κ1) is 17.8. The fourth-order valence-corrected chi connectivity index (χ4v) is 3.75. The van der Waals surface area contributed by atoms with Crippen molar-refractivity contribution in [2.75, 3.05) is 12.3 Å². The van der Waals surface area contributed by atoms with Gasteiger partial charge in [0, 0.05) is 6.54 Å². The van der Waals surface area contributed by atoms with Gasteiger partial charge in [0.15, 0.2) is 5.16 Å². The number of carbonyl (C=O) groups is 1. The third kappa shape index (κ3) is 4.39. The molecule has 0 bridgehead atoms. The summed E-state index contributed by atoms with van der Waals surface area (Å²) in [6.45, 7) is 1.19. The molecule has 27 heavy (non-hydrogen) atoms. The first-order valence-corrected chi connectivity index (χ1v) is 10.1. The van der Waals surface area contributed by atoms with Gasteiger partial charge in [-0.15, -0.1) is 0 Å². The van der Waals surface area contributed by atoms with E-state index in [1.165, 1.54) is 24.6 Å². The maximum absolute atomic E-state index is 13.0. The number of amides is 1. The number of para-hydroxylation sites is 1. The first-order chi connectivity index (χ1) is 13.2. The van der Waals surface area contributed by atoms with E-state index in [1.807, 2.05) is 48.5 Å². The number of rotatable bonds is 7. The molecule has 0 atom stereocenters. The SMILES string of the molecule is O=C(CSc1nc2ccccc2c(=O)n1Cc1ccccc1)NCC1CC1. The molecule has 0 saturated heterocycles. The van der Waals surface area contributed by atoms with E-state index in [1.54, 1.807) is 10.6 Å². The van der Waals surface area contributed by atoms with Crippen molar-refractivity contribution in [1.29, 1.82) is 0 Å². The van der Waals surface area contributed by atoms with Crippen molar-refractivity contribution in [2.24, 2.45) is 5.92 Å². The fourth-order valence-electron chi connectivity index (χ4n) is 2.92. The molecule has 1 saturated carbocycles. The van der Waals surface area contributed by atoms with Crippen LogP contribution in [0.5, 0.6) is 0 Å². The van der Waals surface area contributed by atoms with Crippen molar-refractivity contribution in [3.8, 4) is 0 Å². The number of nitrogens with one attached hydrogen (secondary N) is 1. The predicted molar refractivity (Wildman–Crippen MR) is 108 cm³/mol. The normalized spacial score (nSPS) is 13.6. The minimum Gasteiger partial charge on any atom is -0.355 e. The Bertz CT molecular complexity index is 1010. The quantitative estimate of drug-likeness (QED) is 0.506. The summed E-state index contributed by atoms with van der Waals surface area (Å²) >= 11 is 1.32. The summed E-state index contributed by atoms with van der Waals surface area (Å²) in [6, 6.07) is 17.2. The molecule has 0 unspecified atom stereocenters. The standard InChI is InChI=1S/C21H21N3O2S/c25-19(22-12-15-10-11-15)14-27-21-23-18-9-5-4-8-17(18)20(26)24(21)13-16-6-2-1-3-7-16/h1-9,15H,10-14H2,(H,22,25). The summed E-state index contributed by atoms with van der Waals surface area (Å²) in [7, 11) is 0. The van der Waals surface area contributed by atoms with Crippen molar-refractivity contribution in [3.63, 3.8) is 0 Å². The van der Waals surface area contributed by atoms with Gasteiger partial charge in [-0.2, -0.15) is 0 Å². The van der Waals surface area contributed by atoms with Gasteiger partial charge in [-0.05, 0) is 36.5 Å². The molecule has 138 valence electrons. The van der Waals surface area contributed by atoms with Crippen LogP contribution in [0.4, 0.5) is 0 Å². The van der Waals surface area contributed by atoms with Gasteiger partial charge in [0.2, 0.25) is 5.91 Å². The van der Waals surface area contributed by atoms with Gasteiger partial charge in [-0.3, -0.25) is 14.2 Å². The molecule has 1 aromatic heterocycles. The molecule has 4 rings (SSSR count). The zero-order chi connectivity index (χ0) is 18.6. The number of hydrogen-bond donors (Lipinski definition) is 1. The molecule has 0 spiro atoms. The number of hydrogen-bond acceptors (Lipinski definition) is 4. The number of fused-ring (bicyclic) bond motifs is 1. The smallest absolute Gasteiger partial charge is 0.262 e. The lowest BCUT2D eigenvalue weighted by Crippen LogP contribution is -2.28. The molecule has 1 aliphatic rings. The minimum atomic E-state index is -0.0784. The molecule has 2 aromatic carbocycles. The number of carbonyl (C=O) groups excluding carboxylic acids is 1. The van der Waals surface area contributed by atoms with Gasteiger partial charge in [0.05, 0.1) is 23.2 Å². The average Bonchev–Trinajstić information content (AvgIpc) is 3.52. The fraction of sp³-hybridized carbons (Fsp3) is 0.286. The lowest BCUT2D eigenvalue weighted by Gasteiger charge is -2.13. The highest BCUT2D eigenvalue weighted by Gasteiger charge is 2.21. The second-order valence-electron chi connectivity index (χ2n) is 6.82. The van der Waals surface area contributed by atoms with E-state index in [0.29, 0.717) is 28.5 Å². The van der Waals surface area contributed by atoms with Gasteiger partial charge < -0.3 is 5.32 Å². The van der Waals surface area contributed by atoms with E-state index >= 15 is 0 Å². The molecular formula is C21H21N3O2S. The lowest BCUT2D eigenvalue weighted by atomic mass is 10.2. The molecule has 1 aliphatic carbocycles. The Morgan fingerprint density at radius 3 is 2.63 bits per heavy atom. The number of thioether (sulfide) groups is 1. The van der Waals surface area contributed by atoms with E-state index in [4.69, 9.17) is 0 Å². The zero-order valence-corrected chi connectivity index (χ0v) is 15.7. The Morgan fingerprint density at radius 2 is 1.85 bits per heavy atom. The third-order valence-electron chi connectivity index (χ3n) is 4.63. The Hall–Kier alpha value is -2.60. The molecule has 6 heteroatoms. The van der Waals surface area contributed by atoms with Crippen LogP contribution in [0.1, 0.15) is 18.4 Å². The Balaban J connectivity index is 1.61. The van der Waals surface area contributed by atoms with Crippen LogP contribution < -0.4 is 10.9 Å². The van der Waals surface area contributed by atoms with Gasteiger partial charge in [-0.1, -0.05) is 54.2 Å². The highest BCUT2D eigenvalue weighted by Crippen LogP contribution is 2.27. The maximum atomic E-state index is 13.0. The summed E-state index contributed by atoms with van der Waals surface area (Å²) in [6.07, 6.45) is 2.41. The van der Waals surface area contributed by atoms with Gasteiger partial charge in [0.25, 0.3) is 5.56 Å². The molecule has 3 aromatic rings. The van der Waals surface area contributed by atoms with Gasteiger partial charge in [0.1, 0.15) is 0 Å². The van der Waals surface area contributed by atoms with Crippen molar-refractivity contribution in [1.82, 2.24) is 14.9 Å². The summed E-state index contributed by atoms with van der Waals surface area (Å²) in [4.78, 5) is 29.8. The van der Waals surface area contributed by atoms with E-state index in [-0.39, 0.29) is 17.2 Å². The number of nitrogens with zero attached hydrogens (tertiary/aromatic N) is 2. The van der Waals surface area contributed by atoms with Crippen LogP contribution in [0.25, 0.3) is 10.9 Å². The highest BCUT2D eigenvalue weighted by atomic mass is 32.2. The van der Waals surface area contributed by atoms with E-state index in [0.717, 1.165) is 12.1 Å². The largest absolute Gasteiger partial charge is 0.355 e. The maximum Gasteiger partial charge on any atom is 0.262 e. The van der Waals surface area contributed by atoms with Crippen LogP contribution in [0.2, 0.25) is 0 Å². The van der Waals surface area contributed by atoms with Gasteiger partial charge in [-0.25, -0.2) is 4.98 Å². The van der Waals surface area contributed by atoms with Crippen LogP contribution in [-0.4, -0.2) is 27.8 Å². The molecule has 1 fully saturated rings.